The largest absolute Gasteiger partial charge is 0.445 e. The van der Waals surface area contributed by atoms with E-state index in [1.807, 2.05) is 58.0 Å². The molecule has 24 heavy (non-hydrogen) atoms. The lowest BCUT2D eigenvalue weighted by molar-refractivity contribution is -0.275. The van der Waals surface area contributed by atoms with Gasteiger partial charge < -0.3 is 25.3 Å². The number of hydrogen-bond acceptors (Lipinski definition) is 5. The van der Waals surface area contributed by atoms with E-state index >= 15 is 0 Å². The molecule has 6 nitrogen and oxygen atoms in total. The first kappa shape index (κ1) is 20.4. The van der Waals surface area contributed by atoms with Crippen molar-refractivity contribution in [2.24, 2.45) is 11.1 Å². The number of alkyl carbamates (subject to hydrolysis) is 1. The molecule has 0 fully saturated rings. The van der Waals surface area contributed by atoms with E-state index in [0.717, 1.165) is 5.56 Å². The number of nitrogens with one attached hydrogen (secondary N) is 1. The van der Waals surface area contributed by atoms with Crippen LogP contribution in [0.5, 0.6) is 0 Å². The van der Waals surface area contributed by atoms with Crippen LogP contribution < -0.4 is 11.1 Å². The second-order valence-corrected chi connectivity index (χ2v) is 6.67. The summed E-state index contributed by atoms with van der Waals surface area (Å²) in [6.07, 6.45) is -0.470. The van der Waals surface area contributed by atoms with Gasteiger partial charge in [0.25, 0.3) is 0 Å². The van der Waals surface area contributed by atoms with Gasteiger partial charge >= 0.3 is 6.09 Å². The molecule has 6 heteroatoms. The first-order valence-corrected chi connectivity index (χ1v) is 8.21. The highest BCUT2D eigenvalue weighted by Gasteiger charge is 2.39. The van der Waals surface area contributed by atoms with Gasteiger partial charge in [-0.3, -0.25) is 0 Å². The number of carbonyl (C=O) groups excluding carboxylic acids is 1. The summed E-state index contributed by atoms with van der Waals surface area (Å²) in [4.78, 5) is 11.7. The molecule has 1 amide bonds. The highest BCUT2D eigenvalue weighted by atomic mass is 16.7. The Morgan fingerprint density at radius 1 is 1.08 bits per heavy atom. The minimum absolute atomic E-state index is 0.226. The van der Waals surface area contributed by atoms with Crippen LogP contribution in [-0.2, 0) is 20.8 Å². The molecule has 1 rings (SSSR count). The van der Waals surface area contributed by atoms with Crippen molar-refractivity contribution in [3.05, 3.63) is 35.9 Å². The van der Waals surface area contributed by atoms with Gasteiger partial charge in [-0.15, -0.1) is 0 Å². The normalized spacial score (nSPS) is 14.0. The zero-order chi connectivity index (χ0) is 18.1. The van der Waals surface area contributed by atoms with E-state index in [0.29, 0.717) is 26.3 Å². The number of nitrogens with two attached hydrogens (primary N) is 1. The third-order valence-corrected chi connectivity index (χ3v) is 3.82. The molecule has 0 aliphatic heterocycles. The van der Waals surface area contributed by atoms with Gasteiger partial charge in [0, 0.05) is 18.5 Å². The molecule has 0 aliphatic rings. The number of rotatable bonds is 9. The summed E-state index contributed by atoms with van der Waals surface area (Å²) in [6.45, 7) is 9.73. The van der Waals surface area contributed by atoms with Crippen LogP contribution in [0.4, 0.5) is 4.79 Å². The van der Waals surface area contributed by atoms with E-state index in [4.69, 9.17) is 19.9 Å². The summed E-state index contributed by atoms with van der Waals surface area (Å²) in [5.74, 6) is -0.776. The molecule has 1 atom stereocenters. The summed E-state index contributed by atoms with van der Waals surface area (Å²) < 4.78 is 16.8. The van der Waals surface area contributed by atoms with Gasteiger partial charge in [0.05, 0.1) is 13.2 Å². The summed E-state index contributed by atoms with van der Waals surface area (Å²) in [5.41, 5.74) is 6.22. The Labute approximate surface area is 144 Å². The van der Waals surface area contributed by atoms with E-state index < -0.39 is 11.9 Å². The van der Waals surface area contributed by atoms with Crippen molar-refractivity contribution in [3.63, 3.8) is 0 Å². The molecule has 0 aromatic heterocycles. The monoisotopic (exact) mass is 338 g/mol. The molecule has 1 aromatic carbocycles. The van der Waals surface area contributed by atoms with Crippen LogP contribution in [0.2, 0.25) is 0 Å². The van der Waals surface area contributed by atoms with Crippen LogP contribution in [0.3, 0.4) is 0 Å². The fourth-order valence-corrected chi connectivity index (χ4v) is 1.90. The maximum Gasteiger partial charge on any atom is 0.407 e. The van der Waals surface area contributed by atoms with Crippen molar-refractivity contribution in [1.29, 1.82) is 0 Å². The van der Waals surface area contributed by atoms with E-state index in [1.54, 1.807) is 0 Å². The lowest BCUT2D eigenvalue weighted by Crippen LogP contribution is -2.47. The Hall–Kier alpha value is -1.63. The van der Waals surface area contributed by atoms with Gasteiger partial charge in [0.15, 0.2) is 5.79 Å². The zero-order valence-electron chi connectivity index (χ0n) is 15.1. The lowest BCUT2D eigenvalue weighted by atomic mass is 9.86. The SMILES string of the molecule is CC(C)(C)C(C)(OCCN)OCCNC(=O)OCc1ccccc1. The van der Waals surface area contributed by atoms with Gasteiger partial charge in [-0.2, -0.15) is 0 Å². The molecular formula is C18H30N2O4. The predicted octanol–water partition coefficient (Wildman–Crippen LogP) is 2.67. The van der Waals surface area contributed by atoms with Crippen LogP contribution >= 0.6 is 0 Å². The van der Waals surface area contributed by atoms with Crippen molar-refractivity contribution in [3.8, 4) is 0 Å². The third kappa shape index (κ3) is 6.86. The molecule has 0 bridgehead atoms. The van der Waals surface area contributed by atoms with Gasteiger partial charge in [-0.1, -0.05) is 51.1 Å². The van der Waals surface area contributed by atoms with Crippen molar-refractivity contribution in [2.75, 3.05) is 26.3 Å². The fraction of sp³-hybridized carbons (Fsp3) is 0.611. The lowest BCUT2D eigenvalue weighted by Gasteiger charge is -2.41. The van der Waals surface area contributed by atoms with Crippen LogP contribution in [0, 0.1) is 5.41 Å². The second-order valence-electron chi connectivity index (χ2n) is 6.67. The standard InChI is InChI=1S/C18H30N2O4/c1-17(2,3)18(4,23-12-10-19)24-13-11-20-16(21)22-14-15-8-6-5-7-9-15/h5-9H,10-14,19H2,1-4H3,(H,20,21). The van der Waals surface area contributed by atoms with Crippen LogP contribution in [0.15, 0.2) is 30.3 Å². The number of benzene rings is 1. The average Bonchev–Trinajstić information content (AvgIpc) is 2.55. The molecule has 3 N–H and O–H groups in total. The molecule has 0 radical (unpaired) electrons. The molecule has 0 heterocycles. The molecule has 136 valence electrons. The molecule has 1 unspecified atom stereocenters. The minimum atomic E-state index is -0.776. The van der Waals surface area contributed by atoms with Gasteiger partial charge in [-0.05, 0) is 12.5 Å². The van der Waals surface area contributed by atoms with Crippen molar-refractivity contribution in [1.82, 2.24) is 5.32 Å². The van der Waals surface area contributed by atoms with Gasteiger partial charge in [0.1, 0.15) is 6.61 Å². The van der Waals surface area contributed by atoms with Gasteiger partial charge in [-0.25, -0.2) is 4.79 Å². The summed E-state index contributed by atoms with van der Waals surface area (Å²) in [5, 5.41) is 2.67. The van der Waals surface area contributed by atoms with E-state index in [1.165, 1.54) is 0 Å². The topological polar surface area (TPSA) is 82.8 Å². The quantitative estimate of drug-likeness (QED) is 0.534. The third-order valence-electron chi connectivity index (χ3n) is 3.82. The number of carbonyl (C=O) groups is 1. The number of hydrogen-bond donors (Lipinski definition) is 2. The first-order valence-electron chi connectivity index (χ1n) is 8.21. The summed E-state index contributed by atoms with van der Waals surface area (Å²) in [6, 6.07) is 9.53. The van der Waals surface area contributed by atoms with Crippen LogP contribution in [-0.4, -0.2) is 38.2 Å². The first-order chi connectivity index (χ1) is 11.3. The molecule has 0 saturated carbocycles. The molecular weight excluding hydrogens is 308 g/mol. The smallest absolute Gasteiger partial charge is 0.407 e. The Morgan fingerprint density at radius 2 is 1.71 bits per heavy atom. The van der Waals surface area contributed by atoms with Gasteiger partial charge in [0.2, 0.25) is 0 Å². The fourth-order valence-electron chi connectivity index (χ4n) is 1.90. The summed E-state index contributed by atoms with van der Waals surface area (Å²) in [7, 11) is 0. The van der Waals surface area contributed by atoms with Crippen molar-refractivity contribution >= 4 is 6.09 Å². The highest BCUT2D eigenvalue weighted by Crippen LogP contribution is 2.34. The predicted molar refractivity (Wildman–Crippen MR) is 93.4 cm³/mol. The maximum atomic E-state index is 11.7. The Balaban J connectivity index is 2.31. The van der Waals surface area contributed by atoms with E-state index in [2.05, 4.69) is 5.32 Å². The molecule has 0 spiro atoms. The Morgan fingerprint density at radius 3 is 2.29 bits per heavy atom. The van der Waals surface area contributed by atoms with E-state index in [9.17, 15) is 4.79 Å². The average molecular weight is 338 g/mol. The van der Waals surface area contributed by atoms with E-state index in [-0.39, 0.29) is 12.0 Å². The van der Waals surface area contributed by atoms with Crippen molar-refractivity contribution < 1.29 is 19.0 Å². The Kier molecular flexibility index (Phi) is 8.18. The Bertz CT molecular complexity index is 488. The number of ether oxygens (including phenoxy) is 3. The van der Waals surface area contributed by atoms with Crippen LogP contribution in [0.25, 0.3) is 0 Å². The number of amides is 1. The van der Waals surface area contributed by atoms with Crippen LogP contribution in [0.1, 0.15) is 33.3 Å². The molecule has 0 saturated heterocycles. The molecule has 0 aliphatic carbocycles. The highest BCUT2D eigenvalue weighted by molar-refractivity contribution is 5.67. The molecule has 1 aromatic rings. The minimum Gasteiger partial charge on any atom is -0.445 e. The summed E-state index contributed by atoms with van der Waals surface area (Å²) >= 11 is 0. The zero-order valence-corrected chi connectivity index (χ0v) is 15.1. The van der Waals surface area contributed by atoms with Crippen molar-refractivity contribution in [2.45, 2.75) is 40.1 Å². The maximum absolute atomic E-state index is 11.7. The second kappa shape index (κ2) is 9.61.